The Hall–Kier alpha value is -2.15. The van der Waals surface area contributed by atoms with Gasteiger partial charge in [0.15, 0.2) is 5.78 Å². The topological polar surface area (TPSA) is 56.6 Å². The SMILES string of the molecule is N#CCC(=O)c1c[nH]c2ccc(F)cc12. The molecule has 1 aromatic carbocycles. The second-order valence-corrected chi connectivity index (χ2v) is 3.15. The second kappa shape index (κ2) is 3.54. The van der Waals surface area contributed by atoms with Crippen molar-refractivity contribution in [2.45, 2.75) is 6.42 Å². The predicted molar refractivity (Wildman–Crippen MR) is 52.8 cm³/mol. The third kappa shape index (κ3) is 1.59. The first-order valence-corrected chi connectivity index (χ1v) is 4.39. The van der Waals surface area contributed by atoms with E-state index in [0.717, 1.165) is 0 Å². The average molecular weight is 202 g/mol. The first-order chi connectivity index (χ1) is 7.22. The van der Waals surface area contributed by atoms with Gasteiger partial charge in [-0.1, -0.05) is 0 Å². The number of rotatable bonds is 2. The minimum Gasteiger partial charge on any atom is -0.360 e. The van der Waals surface area contributed by atoms with Crippen molar-refractivity contribution >= 4 is 16.7 Å². The maximum absolute atomic E-state index is 13.0. The number of carbonyl (C=O) groups excluding carboxylic acids is 1. The summed E-state index contributed by atoms with van der Waals surface area (Å²) < 4.78 is 13.0. The smallest absolute Gasteiger partial charge is 0.179 e. The van der Waals surface area contributed by atoms with Crippen LogP contribution < -0.4 is 0 Å². The lowest BCUT2D eigenvalue weighted by Gasteiger charge is -1.94. The average Bonchev–Trinajstić information content (AvgIpc) is 2.60. The number of nitrogens with one attached hydrogen (secondary N) is 1. The number of ketones is 1. The largest absolute Gasteiger partial charge is 0.360 e. The van der Waals surface area contributed by atoms with Crippen LogP contribution in [0.1, 0.15) is 16.8 Å². The monoisotopic (exact) mass is 202 g/mol. The van der Waals surface area contributed by atoms with Gasteiger partial charge in [-0.2, -0.15) is 5.26 Å². The van der Waals surface area contributed by atoms with E-state index in [1.54, 1.807) is 12.1 Å². The van der Waals surface area contributed by atoms with Gasteiger partial charge in [-0.25, -0.2) is 4.39 Å². The molecule has 0 amide bonds. The Balaban J connectivity index is 2.58. The maximum atomic E-state index is 13.0. The van der Waals surface area contributed by atoms with Crippen molar-refractivity contribution in [2.75, 3.05) is 0 Å². The van der Waals surface area contributed by atoms with Crippen LogP contribution in [0.2, 0.25) is 0 Å². The molecule has 0 aliphatic heterocycles. The zero-order valence-electron chi connectivity index (χ0n) is 7.75. The van der Waals surface area contributed by atoms with E-state index < -0.39 is 5.82 Å². The number of hydrogen-bond donors (Lipinski definition) is 1. The Labute approximate surface area is 85.1 Å². The van der Waals surface area contributed by atoms with Crippen LogP contribution >= 0.6 is 0 Å². The van der Waals surface area contributed by atoms with Crippen molar-refractivity contribution in [1.82, 2.24) is 4.98 Å². The van der Waals surface area contributed by atoms with E-state index in [0.29, 0.717) is 16.5 Å². The molecule has 1 aromatic heterocycles. The Bertz CT molecular complexity index is 565. The molecule has 0 saturated carbocycles. The molecule has 3 nitrogen and oxygen atoms in total. The van der Waals surface area contributed by atoms with Gasteiger partial charge in [0.25, 0.3) is 0 Å². The lowest BCUT2D eigenvalue weighted by molar-refractivity contribution is 0.0999. The number of hydrogen-bond acceptors (Lipinski definition) is 2. The minimum absolute atomic E-state index is 0.191. The molecule has 1 heterocycles. The summed E-state index contributed by atoms with van der Waals surface area (Å²) in [6.45, 7) is 0. The van der Waals surface area contributed by atoms with E-state index in [9.17, 15) is 9.18 Å². The standard InChI is InChI=1S/C11H7FN2O/c12-7-1-2-10-8(5-7)9(6-14-10)11(15)3-4-13/h1-2,5-6,14H,3H2. The summed E-state index contributed by atoms with van der Waals surface area (Å²) in [7, 11) is 0. The van der Waals surface area contributed by atoms with E-state index in [1.807, 2.05) is 0 Å². The molecule has 2 aromatic rings. The number of H-pyrrole nitrogens is 1. The van der Waals surface area contributed by atoms with E-state index in [1.165, 1.54) is 18.3 Å². The molecule has 0 atom stereocenters. The molecule has 4 heteroatoms. The highest BCUT2D eigenvalue weighted by Crippen LogP contribution is 2.20. The quantitative estimate of drug-likeness (QED) is 0.760. The fourth-order valence-electron chi connectivity index (χ4n) is 1.49. The van der Waals surface area contributed by atoms with E-state index in [2.05, 4.69) is 4.98 Å². The van der Waals surface area contributed by atoms with Crippen LogP contribution in [0.25, 0.3) is 10.9 Å². The number of nitrogens with zero attached hydrogens (tertiary/aromatic N) is 1. The second-order valence-electron chi connectivity index (χ2n) is 3.15. The van der Waals surface area contributed by atoms with Gasteiger partial charge in [-0.05, 0) is 18.2 Å². The van der Waals surface area contributed by atoms with Crippen molar-refractivity contribution < 1.29 is 9.18 Å². The Morgan fingerprint density at radius 2 is 2.33 bits per heavy atom. The highest BCUT2D eigenvalue weighted by atomic mass is 19.1. The highest BCUT2D eigenvalue weighted by Gasteiger charge is 2.11. The van der Waals surface area contributed by atoms with Gasteiger partial charge in [0.05, 0.1) is 12.5 Å². The summed E-state index contributed by atoms with van der Waals surface area (Å²) in [5.41, 5.74) is 1.06. The number of aromatic amines is 1. The van der Waals surface area contributed by atoms with E-state index in [4.69, 9.17) is 5.26 Å². The molecule has 74 valence electrons. The van der Waals surface area contributed by atoms with Crippen LogP contribution in [-0.2, 0) is 0 Å². The van der Waals surface area contributed by atoms with Crippen molar-refractivity contribution in [3.63, 3.8) is 0 Å². The van der Waals surface area contributed by atoms with Gasteiger partial charge in [-0.3, -0.25) is 4.79 Å². The lowest BCUT2D eigenvalue weighted by atomic mass is 10.1. The fourth-order valence-corrected chi connectivity index (χ4v) is 1.49. The summed E-state index contributed by atoms with van der Waals surface area (Å²) in [4.78, 5) is 14.3. The van der Waals surface area contributed by atoms with E-state index >= 15 is 0 Å². The third-order valence-electron chi connectivity index (χ3n) is 2.18. The summed E-state index contributed by atoms with van der Waals surface area (Å²) >= 11 is 0. The van der Waals surface area contributed by atoms with Gasteiger partial charge in [0.2, 0.25) is 0 Å². The molecule has 0 bridgehead atoms. The number of benzene rings is 1. The molecule has 0 spiro atoms. The van der Waals surface area contributed by atoms with Gasteiger partial charge in [0, 0.05) is 22.7 Å². The molecule has 0 aliphatic carbocycles. The molecule has 1 N–H and O–H groups in total. The van der Waals surface area contributed by atoms with Gasteiger partial charge < -0.3 is 4.98 Å². The Morgan fingerprint density at radius 1 is 1.53 bits per heavy atom. The molecule has 2 rings (SSSR count). The highest BCUT2D eigenvalue weighted by molar-refractivity contribution is 6.08. The number of halogens is 1. The molecule has 0 saturated heterocycles. The summed E-state index contributed by atoms with van der Waals surface area (Å²) in [6.07, 6.45) is 1.31. The fraction of sp³-hybridized carbons (Fsp3) is 0.0909. The minimum atomic E-state index is -0.395. The van der Waals surface area contributed by atoms with Crippen LogP contribution in [-0.4, -0.2) is 10.8 Å². The molecule has 0 aliphatic rings. The number of carbonyl (C=O) groups is 1. The number of fused-ring (bicyclic) bond motifs is 1. The van der Waals surface area contributed by atoms with Crippen LogP contribution in [0.3, 0.4) is 0 Å². The Morgan fingerprint density at radius 3 is 3.07 bits per heavy atom. The van der Waals surface area contributed by atoms with Gasteiger partial charge in [-0.15, -0.1) is 0 Å². The Kier molecular flexibility index (Phi) is 2.22. The summed E-state index contributed by atoms with van der Waals surface area (Å²) in [5.74, 6) is -0.692. The summed E-state index contributed by atoms with van der Waals surface area (Å²) in [6, 6.07) is 5.95. The van der Waals surface area contributed by atoms with Crippen LogP contribution in [0.5, 0.6) is 0 Å². The first kappa shape index (κ1) is 9.41. The van der Waals surface area contributed by atoms with Crippen LogP contribution in [0, 0.1) is 17.1 Å². The lowest BCUT2D eigenvalue weighted by Crippen LogP contribution is -1.95. The van der Waals surface area contributed by atoms with Gasteiger partial charge >= 0.3 is 0 Å². The van der Waals surface area contributed by atoms with Crippen molar-refractivity contribution in [3.8, 4) is 6.07 Å². The first-order valence-electron chi connectivity index (χ1n) is 4.39. The number of nitriles is 1. The van der Waals surface area contributed by atoms with E-state index in [-0.39, 0.29) is 12.2 Å². The zero-order chi connectivity index (χ0) is 10.8. The van der Waals surface area contributed by atoms with Gasteiger partial charge in [0.1, 0.15) is 5.82 Å². The third-order valence-corrected chi connectivity index (χ3v) is 2.18. The zero-order valence-corrected chi connectivity index (χ0v) is 7.75. The molecular weight excluding hydrogens is 195 g/mol. The van der Waals surface area contributed by atoms with Crippen LogP contribution in [0.15, 0.2) is 24.4 Å². The molecule has 0 unspecified atom stereocenters. The van der Waals surface area contributed by atoms with Crippen molar-refractivity contribution in [3.05, 3.63) is 35.8 Å². The molecular formula is C11H7FN2O. The normalized spacial score (nSPS) is 10.1. The van der Waals surface area contributed by atoms with Crippen molar-refractivity contribution in [1.29, 1.82) is 5.26 Å². The number of aromatic nitrogens is 1. The molecule has 15 heavy (non-hydrogen) atoms. The van der Waals surface area contributed by atoms with Crippen molar-refractivity contribution in [2.24, 2.45) is 0 Å². The predicted octanol–water partition coefficient (Wildman–Crippen LogP) is 2.40. The molecule has 0 radical (unpaired) electrons. The summed E-state index contributed by atoms with van der Waals surface area (Å²) in [5, 5.41) is 8.93. The van der Waals surface area contributed by atoms with Crippen LogP contribution in [0.4, 0.5) is 4.39 Å². The number of Topliss-reactive ketones (excluding diaryl/α,β-unsaturated/α-hetero) is 1. The maximum Gasteiger partial charge on any atom is 0.179 e. The molecule has 0 fully saturated rings.